The minimum Gasteiger partial charge on any atom is -0.313 e. The molecule has 1 atom stereocenters. The molecule has 2 aromatic heterocycles. The maximum Gasteiger partial charge on any atom is 0.258 e. The van der Waals surface area contributed by atoms with Crippen molar-refractivity contribution in [1.82, 2.24) is 24.2 Å². The highest BCUT2D eigenvalue weighted by atomic mass is 32.2. The van der Waals surface area contributed by atoms with Crippen molar-refractivity contribution in [3.8, 4) is 0 Å². The maximum atomic E-state index is 14.5. The van der Waals surface area contributed by atoms with E-state index in [1.54, 1.807) is 6.20 Å². The number of benzene rings is 2. The largest absolute Gasteiger partial charge is 0.313 e. The Balaban J connectivity index is 1.35. The minimum absolute atomic E-state index is 0.109. The lowest BCUT2D eigenvalue weighted by Gasteiger charge is -2.41. The van der Waals surface area contributed by atoms with Crippen LogP contribution >= 0.6 is 0 Å². The summed E-state index contributed by atoms with van der Waals surface area (Å²) in [7, 11) is -5.36. The first-order chi connectivity index (χ1) is 21.5. The van der Waals surface area contributed by atoms with Gasteiger partial charge in [-0.05, 0) is 37.5 Å². The van der Waals surface area contributed by atoms with Crippen LogP contribution in [0, 0.1) is 29.1 Å². The Morgan fingerprint density at radius 1 is 0.911 bits per heavy atom. The summed E-state index contributed by atoms with van der Waals surface area (Å²) in [5.41, 5.74) is 1.10. The van der Waals surface area contributed by atoms with Gasteiger partial charge >= 0.3 is 0 Å². The quantitative estimate of drug-likeness (QED) is 0.178. The molecule has 10 nitrogen and oxygen atoms in total. The summed E-state index contributed by atoms with van der Waals surface area (Å²) in [6.45, 7) is -0.644. The lowest BCUT2D eigenvalue weighted by atomic mass is 9.87. The van der Waals surface area contributed by atoms with Gasteiger partial charge in [0.05, 0.1) is 41.4 Å². The van der Waals surface area contributed by atoms with Crippen LogP contribution in [0.1, 0.15) is 55.8 Å². The number of hydrogen-bond acceptors (Lipinski definition) is 7. The number of H-pyrrole nitrogens is 1. The van der Waals surface area contributed by atoms with Crippen LogP contribution < -0.4 is 10.5 Å². The first-order valence-corrected chi connectivity index (χ1v) is 15.6. The van der Waals surface area contributed by atoms with Gasteiger partial charge in [-0.25, -0.2) is 35.4 Å². The second-order valence-corrected chi connectivity index (χ2v) is 12.8. The molecule has 236 valence electrons. The van der Waals surface area contributed by atoms with E-state index < -0.39 is 68.1 Å². The number of nitrogens with zero attached hydrogens (tertiary/aromatic N) is 5. The Hall–Kier alpha value is -4.31. The summed E-state index contributed by atoms with van der Waals surface area (Å²) in [5.74, 6) is -13.0. The SMILES string of the molecule is O=C(C1CCN1S(=O)(=O)c1c(F)c(F)c(F)c(F)c1F)N(Cc1cnc(C2CCCCC2)cn1)c1ccc2c(=O)[nH]cnc2c1. The third-order valence-electron chi connectivity index (χ3n) is 8.26. The van der Waals surface area contributed by atoms with Crippen LogP contribution in [0.4, 0.5) is 27.6 Å². The number of halogens is 5. The van der Waals surface area contributed by atoms with E-state index in [1.807, 2.05) is 0 Å². The van der Waals surface area contributed by atoms with Crippen LogP contribution in [0.5, 0.6) is 0 Å². The Labute approximate surface area is 253 Å². The zero-order valence-corrected chi connectivity index (χ0v) is 24.3. The van der Waals surface area contributed by atoms with E-state index >= 15 is 0 Å². The molecule has 4 aromatic rings. The summed E-state index contributed by atoms with van der Waals surface area (Å²) in [6.07, 6.45) is 9.47. The first kappa shape index (κ1) is 30.7. The molecule has 2 fully saturated rings. The van der Waals surface area contributed by atoms with Gasteiger partial charge in [0.25, 0.3) is 5.56 Å². The van der Waals surface area contributed by atoms with Gasteiger partial charge in [0.15, 0.2) is 28.2 Å². The molecule has 1 saturated carbocycles. The Morgan fingerprint density at radius 3 is 2.22 bits per heavy atom. The maximum absolute atomic E-state index is 14.5. The molecule has 16 heteroatoms. The molecule has 1 N–H and O–H groups in total. The third-order valence-corrected chi connectivity index (χ3v) is 10.2. The molecular formula is C29H25F5N6O4S. The monoisotopic (exact) mass is 648 g/mol. The summed E-state index contributed by atoms with van der Waals surface area (Å²) in [6, 6.07) is 2.72. The Morgan fingerprint density at radius 2 is 1.60 bits per heavy atom. The fourth-order valence-corrected chi connectivity index (χ4v) is 7.49. The number of amides is 1. The summed E-state index contributed by atoms with van der Waals surface area (Å²) in [5, 5.41) is 0.212. The van der Waals surface area contributed by atoms with Crippen LogP contribution in [-0.2, 0) is 21.4 Å². The van der Waals surface area contributed by atoms with E-state index in [0.717, 1.165) is 42.7 Å². The Kier molecular flexibility index (Phi) is 8.11. The van der Waals surface area contributed by atoms with E-state index in [4.69, 9.17) is 0 Å². The second-order valence-electron chi connectivity index (χ2n) is 10.9. The third kappa shape index (κ3) is 5.45. The Bertz CT molecular complexity index is 1940. The fraction of sp³-hybridized carbons (Fsp3) is 0.345. The van der Waals surface area contributed by atoms with Gasteiger partial charge < -0.3 is 9.88 Å². The number of carbonyl (C=O) groups excluding carboxylic acids is 1. The number of aromatic amines is 1. The smallest absolute Gasteiger partial charge is 0.258 e. The number of anilines is 1. The van der Waals surface area contributed by atoms with E-state index in [2.05, 4.69) is 19.9 Å². The van der Waals surface area contributed by atoms with Crippen LogP contribution in [0.25, 0.3) is 10.9 Å². The highest BCUT2D eigenvalue weighted by molar-refractivity contribution is 7.89. The first-order valence-electron chi connectivity index (χ1n) is 14.1. The predicted molar refractivity (Wildman–Crippen MR) is 150 cm³/mol. The van der Waals surface area contributed by atoms with Crippen molar-refractivity contribution in [2.24, 2.45) is 0 Å². The van der Waals surface area contributed by atoms with Gasteiger partial charge in [0.1, 0.15) is 6.04 Å². The van der Waals surface area contributed by atoms with Gasteiger partial charge in [-0.15, -0.1) is 0 Å². The predicted octanol–water partition coefficient (Wildman–Crippen LogP) is 4.45. The van der Waals surface area contributed by atoms with Crippen molar-refractivity contribution >= 4 is 32.5 Å². The standard InChI is InChI=1S/C29H25F5N6O4S/c30-22-23(31)25(33)27(26(34)24(22)32)45(43,44)40-9-8-21(40)29(42)39(17-6-7-18-19(10-17)37-14-38-28(18)41)13-16-11-36-20(12-35-16)15-4-2-1-3-5-15/h6-7,10-12,14-15,21H,1-5,8-9,13H2,(H,37,38,41). The van der Waals surface area contributed by atoms with Gasteiger partial charge in [0, 0.05) is 24.3 Å². The number of sulfonamides is 1. The molecule has 0 spiro atoms. The molecule has 2 aromatic carbocycles. The van der Waals surface area contributed by atoms with Crippen molar-refractivity contribution < 1.29 is 35.2 Å². The molecule has 3 heterocycles. The van der Waals surface area contributed by atoms with E-state index in [1.165, 1.54) is 30.7 Å². The zero-order valence-electron chi connectivity index (χ0n) is 23.4. The molecule has 6 rings (SSSR count). The van der Waals surface area contributed by atoms with Crippen molar-refractivity contribution in [2.75, 3.05) is 11.4 Å². The number of nitrogens with one attached hydrogen (secondary N) is 1. The van der Waals surface area contributed by atoms with E-state index in [0.29, 0.717) is 10.00 Å². The molecule has 0 radical (unpaired) electrons. The van der Waals surface area contributed by atoms with Gasteiger partial charge in [0.2, 0.25) is 21.7 Å². The summed E-state index contributed by atoms with van der Waals surface area (Å²) >= 11 is 0. The van der Waals surface area contributed by atoms with Crippen molar-refractivity contribution in [3.63, 3.8) is 0 Å². The molecule has 2 aliphatic rings. The number of rotatable bonds is 7. The van der Waals surface area contributed by atoms with Crippen molar-refractivity contribution in [1.29, 1.82) is 0 Å². The highest BCUT2D eigenvalue weighted by Gasteiger charge is 2.48. The van der Waals surface area contributed by atoms with Crippen LogP contribution in [0.3, 0.4) is 0 Å². The summed E-state index contributed by atoms with van der Waals surface area (Å²) in [4.78, 5) is 40.9. The molecule has 1 aliphatic carbocycles. The number of aromatic nitrogens is 4. The normalized spacial score (nSPS) is 17.8. The average molecular weight is 649 g/mol. The molecule has 1 saturated heterocycles. The van der Waals surface area contributed by atoms with E-state index in [9.17, 15) is 40.0 Å². The fourth-order valence-electron chi connectivity index (χ4n) is 5.75. The highest BCUT2D eigenvalue weighted by Crippen LogP contribution is 2.35. The van der Waals surface area contributed by atoms with Crippen LogP contribution in [-0.4, -0.2) is 51.2 Å². The van der Waals surface area contributed by atoms with Gasteiger partial charge in [-0.1, -0.05) is 19.3 Å². The second kappa shape index (κ2) is 11.9. The van der Waals surface area contributed by atoms with E-state index in [-0.39, 0.29) is 35.5 Å². The topological polar surface area (TPSA) is 129 Å². The number of hydrogen-bond donors (Lipinski definition) is 1. The lowest BCUT2D eigenvalue weighted by Crippen LogP contribution is -2.59. The molecular weight excluding hydrogens is 623 g/mol. The molecule has 1 amide bonds. The number of carbonyl (C=O) groups is 1. The zero-order chi connectivity index (χ0) is 32.0. The molecule has 0 bridgehead atoms. The average Bonchev–Trinajstić information content (AvgIpc) is 3.01. The minimum atomic E-state index is -5.36. The number of fused-ring (bicyclic) bond motifs is 1. The molecule has 1 unspecified atom stereocenters. The van der Waals surface area contributed by atoms with Crippen LogP contribution in [0.15, 0.2) is 46.6 Å². The molecule has 45 heavy (non-hydrogen) atoms. The lowest BCUT2D eigenvalue weighted by molar-refractivity contribution is -0.125. The molecule has 1 aliphatic heterocycles. The van der Waals surface area contributed by atoms with Gasteiger partial charge in [-0.2, -0.15) is 4.31 Å². The summed E-state index contributed by atoms with van der Waals surface area (Å²) < 4.78 is 97.4. The van der Waals surface area contributed by atoms with Gasteiger partial charge in [-0.3, -0.25) is 19.6 Å². The van der Waals surface area contributed by atoms with Crippen LogP contribution in [0.2, 0.25) is 0 Å². The van der Waals surface area contributed by atoms with Crippen molar-refractivity contribution in [2.45, 2.75) is 61.9 Å². The van der Waals surface area contributed by atoms with Crippen molar-refractivity contribution in [3.05, 3.63) is 87.7 Å².